The van der Waals surface area contributed by atoms with E-state index < -0.39 is 0 Å². The van der Waals surface area contributed by atoms with Crippen LogP contribution in [0.1, 0.15) is 24.8 Å². The fraction of sp³-hybridized carbons (Fsp3) is 0.286. The minimum Gasteiger partial charge on any atom is -0.127 e. The second-order valence-corrected chi connectivity index (χ2v) is 3.54. The maximum Gasteiger partial charge on any atom is 0.0272 e. The summed E-state index contributed by atoms with van der Waals surface area (Å²) < 4.78 is 0. The molecule has 15 heavy (non-hydrogen) atoms. The maximum atomic E-state index is 5.54. The van der Waals surface area contributed by atoms with Crippen molar-refractivity contribution in [3.8, 4) is 11.8 Å². The van der Waals surface area contributed by atoms with Crippen LogP contribution in [-0.4, -0.2) is 5.88 Å². The smallest absolute Gasteiger partial charge is 0.0272 e. The van der Waals surface area contributed by atoms with Crippen LogP contribution < -0.4 is 0 Å². The zero-order valence-corrected chi connectivity index (χ0v) is 9.50. The third-order valence-electron chi connectivity index (χ3n) is 1.89. The SMILES string of the molecule is ClCCCC#CC/C=C/c1ccccc1. The molecule has 1 heteroatoms. The van der Waals surface area contributed by atoms with E-state index in [2.05, 4.69) is 36.1 Å². The number of allylic oxidation sites excluding steroid dienone is 1. The summed E-state index contributed by atoms with van der Waals surface area (Å²) in [6, 6.07) is 10.2. The summed E-state index contributed by atoms with van der Waals surface area (Å²) in [5, 5.41) is 0. The molecule has 0 aliphatic rings. The third kappa shape index (κ3) is 5.99. The third-order valence-corrected chi connectivity index (χ3v) is 2.16. The molecule has 0 spiro atoms. The average molecular weight is 219 g/mol. The van der Waals surface area contributed by atoms with Gasteiger partial charge in [0.2, 0.25) is 0 Å². The molecule has 0 aromatic heterocycles. The second kappa shape index (κ2) is 8.15. The van der Waals surface area contributed by atoms with Crippen molar-refractivity contribution in [2.45, 2.75) is 19.3 Å². The number of halogens is 1. The highest BCUT2D eigenvalue weighted by Gasteiger charge is 1.81. The van der Waals surface area contributed by atoms with E-state index in [-0.39, 0.29) is 0 Å². The Morgan fingerprint density at radius 2 is 1.93 bits per heavy atom. The Labute approximate surface area is 97.0 Å². The topological polar surface area (TPSA) is 0 Å². The fourth-order valence-corrected chi connectivity index (χ4v) is 1.27. The normalized spacial score (nSPS) is 9.93. The van der Waals surface area contributed by atoms with E-state index in [9.17, 15) is 0 Å². The average Bonchev–Trinajstić information content (AvgIpc) is 2.29. The molecule has 0 bridgehead atoms. The van der Waals surface area contributed by atoms with E-state index in [1.807, 2.05) is 18.2 Å². The lowest BCUT2D eigenvalue weighted by Crippen LogP contribution is -1.71. The van der Waals surface area contributed by atoms with Gasteiger partial charge in [0.05, 0.1) is 0 Å². The van der Waals surface area contributed by atoms with Crippen molar-refractivity contribution >= 4 is 17.7 Å². The predicted octanol–water partition coefficient (Wildman–Crippen LogP) is 4.11. The Balaban J connectivity index is 2.24. The fourth-order valence-electron chi connectivity index (χ4n) is 1.13. The molecule has 78 valence electrons. The number of unbranched alkanes of at least 4 members (excludes halogenated alkanes) is 1. The lowest BCUT2D eigenvalue weighted by atomic mass is 10.2. The van der Waals surface area contributed by atoms with Gasteiger partial charge in [-0.25, -0.2) is 0 Å². The molecule has 0 fully saturated rings. The molecule has 0 atom stereocenters. The summed E-state index contributed by atoms with van der Waals surface area (Å²) in [5.41, 5.74) is 1.22. The van der Waals surface area contributed by atoms with Crippen LogP contribution in [0.4, 0.5) is 0 Å². The van der Waals surface area contributed by atoms with Crippen LogP contribution in [0.2, 0.25) is 0 Å². The number of hydrogen-bond acceptors (Lipinski definition) is 0. The van der Waals surface area contributed by atoms with E-state index >= 15 is 0 Å². The van der Waals surface area contributed by atoms with Gasteiger partial charge in [-0.05, 0) is 12.0 Å². The van der Waals surface area contributed by atoms with E-state index in [1.165, 1.54) is 5.56 Å². The summed E-state index contributed by atoms with van der Waals surface area (Å²) in [5.74, 6) is 6.88. The van der Waals surface area contributed by atoms with E-state index in [4.69, 9.17) is 11.6 Å². The first-order chi connectivity index (χ1) is 7.43. The summed E-state index contributed by atoms with van der Waals surface area (Å²) in [6.45, 7) is 0. The predicted molar refractivity (Wildman–Crippen MR) is 67.8 cm³/mol. The van der Waals surface area contributed by atoms with Crippen molar-refractivity contribution in [3.05, 3.63) is 42.0 Å². The molecule has 0 aliphatic heterocycles. The first-order valence-corrected chi connectivity index (χ1v) is 5.70. The van der Waals surface area contributed by atoms with Gasteiger partial charge >= 0.3 is 0 Å². The van der Waals surface area contributed by atoms with Crippen molar-refractivity contribution < 1.29 is 0 Å². The van der Waals surface area contributed by atoms with Gasteiger partial charge in [-0.15, -0.1) is 17.5 Å². The van der Waals surface area contributed by atoms with Crippen LogP contribution in [0, 0.1) is 11.8 Å². The Morgan fingerprint density at radius 3 is 2.67 bits per heavy atom. The molecule has 0 radical (unpaired) electrons. The molecule has 1 aromatic carbocycles. The second-order valence-electron chi connectivity index (χ2n) is 3.16. The van der Waals surface area contributed by atoms with Crippen molar-refractivity contribution in [1.29, 1.82) is 0 Å². The number of benzene rings is 1. The monoisotopic (exact) mass is 218 g/mol. The van der Waals surface area contributed by atoms with Gasteiger partial charge < -0.3 is 0 Å². The summed E-state index contributed by atoms with van der Waals surface area (Å²) in [4.78, 5) is 0. The Bertz CT molecular complexity index is 341. The minimum atomic E-state index is 0.703. The molecule has 0 saturated carbocycles. The number of alkyl halides is 1. The quantitative estimate of drug-likeness (QED) is 0.405. The minimum absolute atomic E-state index is 0.703. The molecule has 0 amide bonds. The lowest BCUT2D eigenvalue weighted by Gasteiger charge is -1.88. The number of rotatable bonds is 4. The molecule has 0 nitrogen and oxygen atoms in total. The Hall–Kier alpha value is -1.19. The van der Waals surface area contributed by atoms with E-state index in [0.717, 1.165) is 19.3 Å². The molecule has 1 aromatic rings. The van der Waals surface area contributed by atoms with E-state index in [0.29, 0.717) is 5.88 Å². The van der Waals surface area contributed by atoms with Crippen LogP contribution in [0.3, 0.4) is 0 Å². The summed E-state index contributed by atoms with van der Waals surface area (Å²) in [7, 11) is 0. The first kappa shape index (κ1) is 11.9. The van der Waals surface area contributed by atoms with Crippen molar-refractivity contribution in [3.63, 3.8) is 0 Å². The molecule has 0 N–H and O–H groups in total. The van der Waals surface area contributed by atoms with E-state index in [1.54, 1.807) is 0 Å². The molecule has 0 unspecified atom stereocenters. The largest absolute Gasteiger partial charge is 0.127 e. The van der Waals surface area contributed by atoms with Gasteiger partial charge in [-0.1, -0.05) is 48.4 Å². The van der Waals surface area contributed by atoms with Crippen molar-refractivity contribution in [2.24, 2.45) is 0 Å². The molecule has 0 aliphatic carbocycles. The van der Waals surface area contributed by atoms with Crippen LogP contribution in [0.5, 0.6) is 0 Å². The van der Waals surface area contributed by atoms with Crippen LogP contribution in [0.15, 0.2) is 36.4 Å². The van der Waals surface area contributed by atoms with Crippen molar-refractivity contribution in [1.82, 2.24) is 0 Å². The number of hydrogen-bond donors (Lipinski definition) is 0. The Morgan fingerprint density at radius 1 is 1.13 bits per heavy atom. The first-order valence-electron chi connectivity index (χ1n) is 5.17. The van der Waals surface area contributed by atoms with Gasteiger partial charge in [0.15, 0.2) is 0 Å². The van der Waals surface area contributed by atoms with Crippen LogP contribution in [-0.2, 0) is 0 Å². The summed E-state index contributed by atoms with van der Waals surface area (Å²) in [6.07, 6.45) is 6.88. The maximum absolute atomic E-state index is 5.54. The Kier molecular flexibility index (Phi) is 6.45. The van der Waals surface area contributed by atoms with Gasteiger partial charge in [-0.3, -0.25) is 0 Å². The molecule has 0 heterocycles. The molecule has 1 rings (SSSR count). The molecular weight excluding hydrogens is 204 g/mol. The highest BCUT2D eigenvalue weighted by molar-refractivity contribution is 6.17. The van der Waals surface area contributed by atoms with Crippen LogP contribution in [0.25, 0.3) is 6.08 Å². The van der Waals surface area contributed by atoms with Gasteiger partial charge in [0.25, 0.3) is 0 Å². The highest BCUT2D eigenvalue weighted by atomic mass is 35.5. The zero-order chi connectivity index (χ0) is 10.8. The van der Waals surface area contributed by atoms with Crippen LogP contribution >= 0.6 is 11.6 Å². The molecule has 0 saturated heterocycles. The van der Waals surface area contributed by atoms with Crippen molar-refractivity contribution in [2.75, 3.05) is 5.88 Å². The standard InChI is InChI=1S/C14H15Cl/c15-13-9-4-2-1-3-6-10-14-11-7-5-8-12-14/h5-8,10-12H,3-4,9,13H2/b10-6+. The summed E-state index contributed by atoms with van der Waals surface area (Å²) >= 11 is 5.54. The lowest BCUT2D eigenvalue weighted by molar-refractivity contribution is 0.990. The molecular formula is C14H15Cl. The zero-order valence-electron chi connectivity index (χ0n) is 8.75. The van der Waals surface area contributed by atoms with Gasteiger partial charge in [0.1, 0.15) is 0 Å². The highest BCUT2D eigenvalue weighted by Crippen LogP contribution is 2.01. The van der Waals surface area contributed by atoms with Gasteiger partial charge in [0, 0.05) is 18.7 Å². The van der Waals surface area contributed by atoms with Gasteiger partial charge in [-0.2, -0.15) is 0 Å².